The number of aromatic hydroxyl groups is 1. The molecule has 0 atom stereocenters. The third-order valence-corrected chi connectivity index (χ3v) is 4.27. The fourth-order valence-electron chi connectivity index (χ4n) is 3.03. The molecule has 0 bridgehead atoms. The zero-order valence-electron chi connectivity index (χ0n) is 14.6. The standard InChI is InChI=1S/C20H22N2O3/c1-12-4-5-15(17(23)9-12)20(24)21-7-6-14-11-22-16-8-13(2)10-18(25-3)19(14)16/h4-5,8-11,22-23H,6-7H2,1-3H3,(H,21,24). The van der Waals surface area contributed by atoms with E-state index in [2.05, 4.69) is 16.4 Å². The van der Waals surface area contributed by atoms with Crippen molar-refractivity contribution in [2.24, 2.45) is 0 Å². The number of carbonyl (C=O) groups is 1. The van der Waals surface area contributed by atoms with Crippen LogP contribution < -0.4 is 10.1 Å². The van der Waals surface area contributed by atoms with E-state index in [0.717, 1.165) is 33.3 Å². The molecule has 0 aliphatic carbocycles. The van der Waals surface area contributed by atoms with Gasteiger partial charge in [0.05, 0.1) is 12.7 Å². The molecule has 0 saturated heterocycles. The highest BCUT2D eigenvalue weighted by Gasteiger charge is 2.13. The van der Waals surface area contributed by atoms with Crippen LogP contribution in [0.2, 0.25) is 0 Å². The molecule has 0 aliphatic heterocycles. The van der Waals surface area contributed by atoms with Crippen molar-refractivity contribution in [3.63, 3.8) is 0 Å². The maximum atomic E-state index is 12.2. The summed E-state index contributed by atoms with van der Waals surface area (Å²) in [5.41, 5.74) is 4.43. The van der Waals surface area contributed by atoms with Crippen molar-refractivity contribution in [1.82, 2.24) is 10.3 Å². The molecule has 0 radical (unpaired) electrons. The minimum atomic E-state index is -0.278. The smallest absolute Gasteiger partial charge is 0.255 e. The summed E-state index contributed by atoms with van der Waals surface area (Å²) >= 11 is 0. The summed E-state index contributed by atoms with van der Waals surface area (Å²) in [7, 11) is 1.66. The normalized spacial score (nSPS) is 10.8. The number of phenols is 1. The topological polar surface area (TPSA) is 74.3 Å². The number of fused-ring (bicyclic) bond motifs is 1. The number of hydrogen-bond acceptors (Lipinski definition) is 3. The number of carbonyl (C=O) groups excluding carboxylic acids is 1. The molecule has 5 nitrogen and oxygen atoms in total. The van der Waals surface area contributed by atoms with Gasteiger partial charge in [0.1, 0.15) is 11.5 Å². The number of hydrogen-bond donors (Lipinski definition) is 3. The van der Waals surface area contributed by atoms with Crippen LogP contribution in [0.4, 0.5) is 0 Å². The second kappa shape index (κ2) is 6.89. The number of H-pyrrole nitrogens is 1. The molecular weight excluding hydrogens is 316 g/mol. The van der Waals surface area contributed by atoms with Gasteiger partial charge in [-0.3, -0.25) is 4.79 Å². The lowest BCUT2D eigenvalue weighted by Gasteiger charge is -2.09. The summed E-state index contributed by atoms with van der Waals surface area (Å²) in [6, 6.07) is 9.10. The molecule has 1 heterocycles. The molecular formula is C20H22N2O3. The van der Waals surface area contributed by atoms with Crippen molar-refractivity contribution in [1.29, 1.82) is 0 Å². The molecule has 0 fully saturated rings. The maximum absolute atomic E-state index is 12.2. The molecule has 1 aromatic heterocycles. The minimum Gasteiger partial charge on any atom is -0.507 e. The molecule has 2 aromatic carbocycles. The van der Waals surface area contributed by atoms with E-state index in [0.29, 0.717) is 13.0 Å². The number of aromatic amines is 1. The van der Waals surface area contributed by atoms with Crippen LogP contribution in [0.5, 0.6) is 11.5 Å². The number of phenolic OH excluding ortho intramolecular Hbond substituents is 1. The summed E-state index contributed by atoms with van der Waals surface area (Å²) in [5.74, 6) is 0.552. The van der Waals surface area contributed by atoms with Crippen LogP contribution in [-0.2, 0) is 6.42 Å². The lowest BCUT2D eigenvalue weighted by Crippen LogP contribution is -2.25. The van der Waals surface area contributed by atoms with Crippen LogP contribution in [0.15, 0.2) is 36.5 Å². The molecule has 0 spiro atoms. The van der Waals surface area contributed by atoms with Gasteiger partial charge in [-0.05, 0) is 61.2 Å². The first-order chi connectivity index (χ1) is 12.0. The Kier molecular flexibility index (Phi) is 4.65. The summed E-state index contributed by atoms with van der Waals surface area (Å²) in [4.78, 5) is 15.5. The van der Waals surface area contributed by atoms with E-state index in [9.17, 15) is 9.90 Å². The van der Waals surface area contributed by atoms with Gasteiger partial charge < -0.3 is 20.1 Å². The molecule has 0 unspecified atom stereocenters. The van der Waals surface area contributed by atoms with Crippen molar-refractivity contribution >= 4 is 16.8 Å². The van der Waals surface area contributed by atoms with Gasteiger partial charge in [0.25, 0.3) is 5.91 Å². The number of aryl methyl sites for hydroxylation is 2. The molecule has 130 valence electrons. The zero-order chi connectivity index (χ0) is 18.0. The van der Waals surface area contributed by atoms with Crippen molar-refractivity contribution in [3.05, 3.63) is 58.8 Å². The average Bonchev–Trinajstić information content (AvgIpc) is 2.96. The Morgan fingerprint density at radius 2 is 2.00 bits per heavy atom. The van der Waals surface area contributed by atoms with E-state index in [1.165, 1.54) is 0 Å². The Morgan fingerprint density at radius 1 is 1.20 bits per heavy atom. The van der Waals surface area contributed by atoms with Gasteiger partial charge >= 0.3 is 0 Å². The Hall–Kier alpha value is -2.95. The van der Waals surface area contributed by atoms with Crippen molar-refractivity contribution in [3.8, 4) is 11.5 Å². The first-order valence-electron chi connectivity index (χ1n) is 8.22. The van der Waals surface area contributed by atoms with E-state index < -0.39 is 0 Å². The van der Waals surface area contributed by atoms with Gasteiger partial charge in [-0.25, -0.2) is 0 Å². The SMILES string of the molecule is COc1cc(C)cc2[nH]cc(CCNC(=O)c3ccc(C)cc3O)c12. The van der Waals surface area contributed by atoms with Crippen LogP contribution in [0.25, 0.3) is 10.9 Å². The number of aromatic nitrogens is 1. The van der Waals surface area contributed by atoms with Gasteiger partial charge in [-0.15, -0.1) is 0 Å². The van der Waals surface area contributed by atoms with Gasteiger partial charge in [-0.1, -0.05) is 6.07 Å². The van der Waals surface area contributed by atoms with Crippen LogP contribution in [0.1, 0.15) is 27.0 Å². The van der Waals surface area contributed by atoms with Crippen LogP contribution in [0, 0.1) is 13.8 Å². The zero-order valence-corrected chi connectivity index (χ0v) is 14.6. The van der Waals surface area contributed by atoms with Gasteiger partial charge in [0.2, 0.25) is 0 Å². The van der Waals surface area contributed by atoms with Gasteiger partial charge in [-0.2, -0.15) is 0 Å². The van der Waals surface area contributed by atoms with E-state index in [4.69, 9.17) is 4.74 Å². The molecule has 25 heavy (non-hydrogen) atoms. The monoisotopic (exact) mass is 338 g/mol. The fraction of sp³-hybridized carbons (Fsp3) is 0.250. The molecule has 3 aromatic rings. The lowest BCUT2D eigenvalue weighted by atomic mass is 10.1. The third-order valence-electron chi connectivity index (χ3n) is 4.27. The Morgan fingerprint density at radius 3 is 2.72 bits per heavy atom. The quantitative estimate of drug-likeness (QED) is 0.667. The number of ether oxygens (including phenoxy) is 1. The first kappa shape index (κ1) is 16.9. The number of nitrogens with one attached hydrogen (secondary N) is 2. The fourth-order valence-corrected chi connectivity index (χ4v) is 3.03. The molecule has 1 amide bonds. The van der Waals surface area contributed by atoms with Crippen LogP contribution in [0.3, 0.4) is 0 Å². The van der Waals surface area contributed by atoms with Crippen LogP contribution in [-0.4, -0.2) is 29.7 Å². The summed E-state index contributed by atoms with van der Waals surface area (Å²) in [6.07, 6.45) is 2.61. The third kappa shape index (κ3) is 3.45. The molecule has 3 rings (SSSR count). The van der Waals surface area contributed by atoms with E-state index >= 15 is 0 Å². The maximum Gasteiger partial charge on any atom is 0.255 e. The summed E-state index contributed by atoms with van der Waals surface area (Å²) < 4.78 is 5.49. The lowest BCUT2D eigenvalue weighted by molar-refractivity contribution is 0.0951. The number of amides is 1. The van der Waals surface area contributed by atoms with Gasteiger partial charge in [0, 0.05) is 23.6 Å². The van der Waals surface area contributed by atoms with E-state index in [1.807, 2.05) is 32.2 Å². The summed E-state index contributed by atoms with van der Waals surface area (Å²) in [6.45, 7) is 4.36. The Labute approximate surface area is 146 Å². The van der Waals surface area contributed by atoms with Gasteiger partial charge in [0.15, 0.2) is 0 Å². The van der Waals surface area contributed by atoms with Crippen molar-refractivity contribution in [2.45, 2.75) is 20.3 Å². The van der Waals surface area contributed by atoms with E-state index in [1.54, 1.807) is 19.2 Å². The number of methoxy groups -OCH3 is 1. The molecule has 0 aliphatic rings. The minimum absolute atomic E-state index is 0.00161. The second-order valence-corrected chi connectivity index (χ2v) is 6.23. The predicted octanol–water partition coefficient (Wildman–Crippen LogP) is 3.47. The largest absolute Gasteiger partial charge is 0.507 e. The highest BCUT2D eigenvalue weighted by Crippen LogP contribution is 2.30. The first-order valence-corrected chi connectivity index (χ1v) is 8.22. The highest BCUT2D eigenvalue weighted by atomic mass is 16.5. The van der Waals surface area contributed by atoms with Crippen molar-refractivity contribution in [2.75, 3.05) is 13.7 Å². The molecule has 5 heteroatoms. The number of rotatable bonds is 5. The Balaban J connectivity index is 1.72. The Bertz CT molecular complexity index is 928. The van der Waals surface area contributed by atoms with E-state index in [-0.39, 0.29) is 17.2 Å². The number of benzene rings is 2. The van der Waals surface area contributed by atoms with Crippen molar-refractivity contribution < 1.29 is 14.6 Å². The molecule has 3 N–H and O–H groups in total. The molecule has 0 saturated carbocycles. The second-order valence-electron chi connectivity index (χ2n) is 6.23. The summed E-state index contributed by atoms with van der Waals surface area (Å²) in [5, 5.41) is 13.8. The van der Waals surface area contributed by atoms with Crippen LogP contribution >= 0.6 is 0 Å². The highest BCUT2D eigenvalue weighted by molar-refractivity contribution is 5.97. The average molecular weight is 338 g/mol. The predicted molar refractivity (Wildman–Crippen MR) is 98.5 cm³/mol.